The summed E-state index contributed by atoms with van der Waals surface area (Å²) in [6.45, 7) is 8.45. The van der Waals surface area contributed by atoms with E-state index in [1.807, 2.05) is 6.92 Å². The molecule has 26 heavy (non-hydrogen) atoms. The summed E-state index contributed by atoms with van der Waals surface area (Å²) in [5.41, 5.74) is -1.12. The summed E-state index contributed by atoms with van der Waals surface area (Å²) in [6, 6.07) is 0. The average molecular weight is 367 g/mol. The average Bonchev–Trinajstić information content (AvgIpc) is 3.02. The van der Waals surface area contributed by atoms with Gasteiger partial charge in [-0.1, -0.05) is 33.8 Å². The highest BCUT2D eigenvalue weighted by atomic mass is 19.1. The van der Waals surface area contributed by atoms with Gasteiger partial charge >= 0.3 is 0 Å². The van der Waals surface area contributed by atoms with Crippen LogP contribution in [-0.2, 0) is 9.53 Å². The van der Waals surface area contributed by atoms with E-state index in [1.165, 1.54) is 6.08 Å². The number of hydrogen-bond acceptors (Lipinski definition) is 3. The molecule has 1 N–H and O–H groups in total. The number of carbonyl (C=O) groups excluding carboxylic acids is 1. The van der Waals surface area contributed by atoms with Crippen molar-refractivity contribution in [2.45, 2.75) is 78.4 Å². The lowest BCUT2D eigenvalue weighted by atomic mass is 9.44. The van der Waals surface area contributed by atoms with Gasteiger partial charge in [0.2, 0.25) is 0 Å². The van der Waals surface area contributed by atoms with E-state index < -0.39 is 11.5 Å². The quantitative estimate of drug-likeness (QED) is 0.789. The van der Waals surface area contributed by atoms with E-state index in [0.717, 1.165) is 25.7 Å². The predicted molar refractivity (Wildman–Crippen MR) is 100 cm³/mol. The minimum Gasteiger partial charge on any atom is -0.393 e. The molecule has 2 bridgehead atoms. The molecule has 148 valence electrons. The Morgan fingerprint density at radius 1 is 1.27 bits per heavy atom. The molecule has 3 saturated carbocycles. The van der Waals surface area contributed by atoms with Gasteiger partial charge in [-0.15, -0.1) is 0 Å². The zero-order valence-electron chi connectivity index (χ0n) is 16.9. The first-order valence-corrected chi connectivity index (χ1v) is 10.2. The van der Waals surface area contributed by atoms with Gasteiger partial charge in [-0.3, -0.25) is 4.79 Å². The third-order valence-corrected chi connectivity index (χ3v) is 8.83. The Hall–Kier alpha value is -0.740. The van der Waals surface area contributed by atoms with Gasteiger partial charge in [0.1, 0.15) is 5.78 Å². The lowest BCUT2D eigenvalue weighted by Crippen LogP contribution is -2.62. The maximum atomic E-state index is 13.6. The second-order valence-corrected chi connectivity index (χ2v) is 9.76. The van der Waals surface area contributed by atoms with Gasteiger partial charge in [0, 0.05) is 23.9 Å². The van der Waals surface area contributed by atoms with Crippen molar-refractivity contribution in [3.8, 4) is 0 Å². The summed E-state index contributed by atoms with van der Waals surface area (Å²) in [6.07, 6.45) is 6.20. The molecular weight excluding hydrogens is 331 g/mol. The number of aliphatic hydroxyl groups excluding tert-OH is 1. The van der Waals surface area contributed by atoms with Gasteiger partial charge in [0.25, 0.3) is 0 Å². The minimum atomic E-state index is -0.719. The van der Waals surface area contributed by atoms with Crippen LogP contribution in [0, 0.1) is 34.0 Å². The van der Waals surface area contributed by atoms with E-state index in [0.29, 0.717) is 25.1 Å². The van der Waals surface area contributed by atoms with Crippen LogP contribution in [-0.4, -0.2) is 30.2 Å². The SMILES string of the molecule is CO[C@@H]1CCC23CC[C@@H](C)[C@](C)(C12)[C@H](O)C[C@@](C)(C/C=C/F)C(=O)[C@@H]3C. The van der Waals surface area contributed by atoms with Gasteiger partial charge in [-0.25, -0.2) is 4.39 Å². The molecule has 0 saturated heterocycles. The van der Waals surface area contributed by atoms with Crippen LogP contribution in [0.4, 0.5) is 4.39 Å². The number of ether oxygens (including phenoxy) is 1. The van der Waals surface area contributed by atoms with E-state index >= 15 is 0 Å². The zero-order valence-corrected chi connectivity index (χ0v) is 16.9. The molecule has 3 aliphatic rings. The van der Waals surface area contributed by atoms with Gasteiger partial charge in [0.05, 0.1) is 18.5 Å². The first-order chi connectivity index (χ1) is 12.2. The number of carbonyl (C=O) groups is 1. The highest BCUT2D eigenvalue weighted by Gasteiger charge is 2.67. The monoisotopic (exact) mass is 366 g/mol. The van der Waals surface area contributed by atoms with Crippen molar-refractivity contribution in [2.24, 2.45) is 34.0 Å². The van der Waals surface area contributed by atoms with Gasteiger partial charge in [-0.2, -0.15) is 0 Å². The fourth-order valence-electron chi connectivity index (χ4n) is 7.02. The van der Waals surface area contributed by atoms with Crippen molar-refractivity contribution < 1.29 is 19.0 Å². The first kappa shape index (κ1) is 20.0. The molecule has 4 heteroatoms. The second-order valence-electron chi connectivity index (χ2n) is 9.76. The number of ketones is 1. The summed E-state index contributed by atoms with van der Waals surface area (Å²) >= 11 is 0. The second kappa shape index (κ2) is 6.70. The number of Topliss-reactive ketones (excluding diaryl/α,β-unsaturated/α-hetero) is 1. The Balaban J connectivity index is 2.15. The molecule has 3 fully saturated rings. The number of halogens is 1. The van der Waals surface area contributed by atoms with Crippen molar-refractivity contribution in [1.82, 2.24) is 0 Å². The van der Waals surface area contributed by atoms with E-state index in [4.69, 9.17) is 4.74 Å². The molecule has 0 heterocycles. The van der Waals surface area contributed by atoms with Crippen LogP contribution in [0.1, 0.15) is 66.2 Å². The van der Waals surface area contributed by atoms with E-state index in [9.17, 15) is 14.3 Å². The Kier molecular flexibility index (Phi) is 5.16. The third kappa shape index (κ3) is 2.55. The molecule has 3 rings (SSSR count). The fourth-order valence-corrected chi connectivity index (χ4v) is 7.02. The Bertz CT molecular complexity index is 590. The van der Waals surface area contributed by atoms with Gasteiger partial charge in [-0.05, 0) is 55.8 Å². The smallest absolute Gasteiger partial charge is 0.142 e. The van der Waals surface area contributed by atoms with Crippen molar-refractivity contribution >= 4 is 5.78 Å². The largest absolute Gasteiger partial charge is 0.393 e. The summed E-state index contributed by atoms with van der Waals surface area (Å²) in [4.78, 5) is 13.6. The Morgan fingerprint density at radius 3 is 2.54 bits per heavy atom. The summed E-state index contributed by atoms with van der Waals surface area (Å²) < 4.78 is 18.6. The number of methoxy groups -OCH3 is 1. The molecule has 8 atom stereocenters. The van der Waals surface area contributed by atoms with Crippen LogP contribution < -0.4 is 0 Å². The van der Waals surface area contributed by atoms with Crippen LogP contribution in [0.2, 0.25) is 0 Å². The molecule has 0 aromatic rings. The molecule has 3 aliphatic carbocycles. The molecule has 0 aromatic carbocycles. The molecule has 2 unspecified atom stereocenters. The maximum Gasteiger partial charge on any atom is 0.142 e. The number of rotatable bonds is 3. The molecule has 0 radical (unpaired) electrons. The van der Waals surface area contributed by atoms with Crippen LogP contribution in [0.25, 0.3) is 0 Å². The summed E-state index contributed by atoms with van der Waals surface area (Å²) in [5.74, 6) is 0.657. The summed E-state index contributed by atoms with van der Waals surface area (Å²) in [7, 11) is 1.77. The molecule has 0 amide bonds. The molecule has 0 aliphatic heterocycles. The minimum absolute atomic E-state index is 0.0926. The Labute approximate surface area is 157 Å². The lowest BCUT2D eigenvalue weighted by molar-refractivity contribution is -0.191. The number of aliphatic hydroxyl groups is 1. The standard InChI is InChI=1S/C22H35FO3/c1-14-7-10-22-11-8-16(26-5)18(22)21(14,4)17(24)13-20(3,9-6-12-23)19(25)15(22)2/h6,12,14-18,24H,7-11,13H2,1-5H3/b12-6+/t14-,15+,16-,17-,18?,20-,21+,22?/m1/s1. The number of hydrogen-bond donors (Lipinski definition) is 1. The van der Waals surface area contributed by atoms with E-state index in [1.54, 1.807) is 7.11 Å². The van der Waals surface area contributed by atoms with Crippen molar-refractivity contribution in [2.75, 3.05) is 7.11 Å². The van der Waals surface area contributed by atoms with E-state index in [-0.39, 0.29) is 34.6 Å². The van der Waals surface area contributed by atoms with E-state index in [2.05, 4.69) is 20.8 Å². The normalized spacial score (nSPS) is 52.0. The lowest BCUT2D eigenvalue weighted by Gasteiger charge is -2.61. The van der Waals surface area contributed by atoms with Gasteiger partial charge < -0.3 is 9.84 Å². The van der Waals surface area contributed by atoms with Crippen LogP contribution in [0.3, 0.4) is 0 Å². The highest BCUT2D eigenvalue weighted by molar-refractivity contribution is 5.87. The predicted octanol–water partition coefficient (Wildman–Crippen LogP) is 4.68. The maximum absolute atomic E-state index is 13.6. The molecular formula is C22H35FO3. The summed E-state index contributed by atoms with van der Waals surface area (Å²) in [5, 5.41) is 11.4. The highest BCUT2D eigenvalue weighted by Crippen LogP contribution is 2.68. The van der Waals surface area contributed by atoms with Crippen molar-refractivity contribution in [3.63, 3.8) is 0 Å². The fraction of sp³-hybridized carbons (Fsp3) is 0.864. The van der Waals surface area contributed by atoms with Crippen molar-refractivity contribution in [1.29, 1.82) is 0 Å². The van der Waals surface area contributed by atoms with Crippen molar-refractivity contribution in [3.05, 3.63) is 12.4 Å². The van der Waals surface area contributed by atoms with Crippen LogP contribution >= 0.6 is 0 Å². The Morgan fingerprint density at radius 2 is 1.92 bits per heavy atom. The van der Waals surface area contributed by atoms with Crippen LogP contribution in [0.5, 0.6) is 0 Å². The zero-order chi connectivity index (χ0) is 19.3. The topological polar surface area (TPSA) is 46.5 Å². The third-order valence-electron chi connectivity index (χ3n) is 8.83. The molecule has 0 spiro atoms. The number of allylic oxidation sites excluding steroid dienone is 1. The first-order valence-electron chi connectivity index (χ1n) is 10.2. The van der Waals surface area contributed by atoms with Gasteiger partial charge in [0.15, 0.2) is 0 Å². The molecule has 0 aromatic heterocycles. The van der Waals surface area contributed by atoms with Crippen LogP contribution in [0.15, 0.2) is 12.4 Å². The molecule has 3 nitrogen and oxygen atoms in total.